The number of fused-ring (bicyclic) bond motifs is 1. The molecule has 1 aliphatic rings. The van der Waals surface area contributed by atoms with Crippen LogP contribution in [0.3, 0.4) is 0 Å². The summed E-state index contributed by atoms with van der Waals surface area (Å²) in [6.45, 7) is 10.8. The van der Waals surface area contributed by atoms with E-state index in [1.165, 1.54) is 11.8 Å². The van der Waals surface area contributed by atoms with E-state index in [1.807, 2.05) is 13.0 Å². The van der Waals surface area contributed by atoms with Crippen molar-refractivity contribution in [2.24, 2.45) is 0 Å². The van der Waals surface area contributed by atoms with Gasteiger partial charge >= 0.3 is 0 Å². The molecule has 0 unspecified atom stereocenters. The van der Waals surface area contributed by atoms with Crippen LogP contribution in [0.4, 0.5) is 4.39 Å². The molecule has 1 aromatic heterocycles. The SMILES string of the molecule is Cc1c(-c2ccnc(Cl)c2F)c(O)cc2c1C(C)(C)CCC2(C)C. The number of hydrogen-bond acceptors (Lipinski definition) is 2. The molecule has 3 rings (SSSR count). The van der Waals surface area contributed by atoms with E-state index < -0.39 is 5.82 Å². The van der Waals surface area contributed by atoms with Gasteiger partial charge in [0.1, 0.15) is 5.75 Å². The molecule has 1 aliphatic carbocycles. The Morgan fingerprint density at radius 3 is 2.46 bits per heavy atom. The van der Waals surface area contributed by atoms with E-state index in [0.717, 1.165) is 24.0 Å². The van der Waals surface area contributed by atoms with Crippen molar-refractivity contribution in [2.45, 2.75) is 58.3 Å². The molecule has 0 atom stereocenters. The van der Waals surface area contributed by atoms with Crippen molar-refractivity contribution in [3.8, 4) is 16.9 Å². The molecule has 1 N–H and O–H groups in total. The summed E-state index contributed by atoms with van der Waals surface area (Å²) in [6.07, 6.45) is 3.58. The first-order chi connectivity index (χ1) is 11.1. The van der Waals surface area contributed by atoms with E-state index >= 15 is 0 Å². The van der Waals surface area contributed by atoms with Crippen molar-refractivity contribution in [1.82, 2.24) is 4.98 Å². The van der Waals surface area contributed by atoms with Crippen LogP contribution in [0.2, 0.25) is 5.15 Å². The smallest absolute Gasteiger partial charge is 0.168 e. The largest absolute Gasteiger partial charge is 0.507 e. The predicted octanol–water partition coefficient (Wildman–Crippen LogP) is 5.90. The Labute approximate surface area is 147 Å². The summed E-state index contributed by atoms with van der Waals surface area (Å²) in [7, 11) is 0. The minimum absolute atomic E-state index is 0.0138. The third kappa shape index (κ3) is 2.50. The van der Waals surface area contributed by atoms with E-state index in [1.54, 1.807) is 6.07 Å². The minimum Gasteiger partial charge on any atom is -0.507 e. The fourth-order valence-electron chi connectivity index (χ4n) is 4.04. The van der Waals surface area contributed by atoms with E-state index in [0.29, 0.717) is 11.1 Å². The van der Waals surface area contributed by atoms with Gasteiger partial charge in [0.05, 0.1) is 0 Å². The molecule has 2 nitrogen and oxygen atoms in total. The number of nitrogens with zero attached hydrogens (tertiary/aromatic N) is 1. The van der Waals surface area contributed by atoms with Crippen LogP contribution in [0.1, 0.15) is 57.2 Å². The fourth-order valence-corrected chi connectivity index (χ4v) is 4.20. The van der Waals surface area contributed by atoms with Crippen molar-refractivity contribution in [3.63, 3.8) is 0 Å². The van der Waals surface area contributed by atoms with Gasteiger partial charge in [-0.15, -0.1) is 0 Å². The van der Waals surface area contributed by atoms with Crippen molar-refractivity contribution < 1.29 is 9.50 Å². The van der Waals surface area contributed by atoms with E-state index in [2.05, 4.69) is 32.7 Å². The number of hydrogen-bond donors (Lipinski definition) is 1. The summed E-state index contributed by atoms with van der Waals surface area (Å²) in [5.74, 6) is -0.497. The Morgan fingerprint density at radius 2 is 1.79 bits per heavy atom. The molecule has 1 aromatic carbocycles. The van der Waals surface area contributed by atoms with Crippen LogP contribution in [0.25, 0.3) is 11.1 Å². The topological polar surface area (TPSA) is 33.1 Å². The normalized spacial score (nSPS) is 18.3. The summed E-state index contributed by atoms with van der Waals surface area (Å²) in [5.41, 5.74) is 4.05. The molecule has 128 valence electrons. The number of rotatable bonds is 1. The molecule has 4 heteroatoms. The molecular formula is C20H23ClFNO. The van der Waals surface area contributed by atoms with Crippen LogP contribution in [-0.2, 0) is 10.8 Å². The predicted molar refractivity (Wildman–Crippen MR) is 96.3 cm³/mol. The van der Waals surface area contributed by atoms with Gasteiger partial charge in [-0.2, -0.15) is 0 Å². The summed E-state index contributed by atoms with van der Waals surface area (Å²) < 4.78 is 14.5. The van der Waals surface area contributed by atoms with Gasteiger partial charge in [-0.3, -0.25) is 0 Å². The quantitative estimate of drug-likeness (QED) is 0.651. The number of aromatic hydroxyl groups is 1. The standard InChI is InChI=1S/C20H23ClFNO/c1-11-15(12-6-9-23-18(21)17(12)22)14(24)10-13-16(11)20(4,5)8-7-19(13,2)3/h6,9-10,24H,7-8H2,1-5H3. The third-order valence-corrected chi connectivity index (χ3v) is 5.72. The maximum absolute atomic E-state index is 14.5. The molecular weight excluding hydrogens is 325 g/mol. The fraction of sp³-hybridized carbons (Fsp3) is 0.450. The number of halogens is 2. The highest BCUT2D eigenvalue weighted by atomic mass is 35.5. The Hall–Kier alpha value is -1.61. The Kier molecular flexibility index (Phi) is 3.91. The highest BCUT2D eigenvalue weighted by Crippen LogP contribution is 2.51. The molecule has 0 saturated heterocycles. The van der Waals surface area contributed by atoms with E-state index in [4.69, 9.17) is 11.6 Å². The highest BCUT2D eigenvalue weighted by Gasteiger charge is 2.39. The third-order valence-electron chi connectivity index (χ3n) is 5.45. The lowest BCUT2D eigenvalue weighted by molar-refractivity contribution is 0.328. The zero-order chi connectivity index (χ0) is 17.9. The van der Waals surface area contributed by atoms with Crippen molar-refractivity contribution in [2.75, 3.05) is 0 Å². The maximum Gasteiger partial charge on any atom is 0.168 e. The van der Waals surface area contributed by atoms with Gasteiger partial charge in [0.25, 0.3) is 0 Å². The van der Waals surface area contributed by atoms with Crippen LogP contribution in [0, 0.1) is 12.7 Å². The summed E-state index contributed by atoms with van der Waals surface area (Å²) in [6, 6.07) is 3.38. The molecule has 0 saturated carbocycles. The van der Waals surface area contributed by atoms with Crippen LogP contribution >= 0.6 is 11.6 Å². The molecule has 0 radical (unpaired) electrons. The zero-order valence-corrected chi connectivity index (χ0v) is 15.6. The van der Waals surface area contributed by atoms with Gasteiger partial charge in [0, 0.05) is 17.3 Å². The zero-order valence-electron chi connectivity index (χ0n) is 14.8. The lowest BCUT2D eigenvalue weighted by atomic mass is 9.61. The Balaban J connectivity index is 2.38. The number of pyridine rings is 1. The minimum atomic E-state index is -0.592. The van der Waals surface area contributed by atoms with E-state index in [-0.39, 0.29) is 21.7 Å². The highest BCUT2D eigenvalue weighted by molar-refractivity contribution is 6.29. The van der Waals surface area contributed by atoms with Crippen LogP contribution in [-0.4, -0.2) is 10.1 Å². The first kappa shape index (κ1) is 17.2. The van der Waals surface area contributed by atoms with Crippen LogP contribution in [0.5, 0.6) is 5.75 Å². The molecule has 0 aliphatic heterocycles. The molecule has 24 heavy (non-hydrogen) atoms. The van der Waals surface area contributed by atoms with Gasteiger partial charge in [0.2, 0.25) is 0 Å². The Morgan fingerprint density at radius 1 is 1.17 bits per heavy atom. The number of phenols is 1. The van der Waals surface area contributed by atoms with Crippen molar-refractivity contribution in [1.29, 1.82) is 0 Å². The molecule has 0 bridgehead atoms. The molecule has 0 spiro atoms. The monoisotopic (exact) mass is 347 g/mol. The number of aromatic nitrogens is 1. The maximum atomic E-state index is 14.5. The van der Waals surface area contributed by atoms with Gasteiger partial charge in [-0.25, -0.2) is 9.37 Å². The summed E-state index contributed by atoms with van der Waals surface area (Å²) >= 11 is 5.85. The lowest BCUT2D eigenvalue weighted by Gasteiger charge is -2.43. The van der Waals surface area contributed by atoms with Crippen molar-refractivity contribution >= 4 is 11.6 Å². The average molecular weight is 348 g/mol. The summed E-state index contributed by atoms with van der Waals surface area (Å²) in [4.78, 5) is 3.77. The van der Waals surface area contributed by atoms with Gasteiger partial charge in [-0.1, -0.05) is 39.3 Å². The van der Waals surface area contributed by atoms with Crippen LogP contribution in [0.15, 0.2) is 18.3 Å². The van der Waals surface area contributed by atoms with Gasteiger partial charge < -0.3 is 5.11 Å². The van der Waals surface area contributed by atoms with E-state index in [9.17, 15) is 9.50 Å². The first-order valence-electron chi connectivity index (χ1n) is 8.24. The van der Waals surface area contributed by atoms with Crippen LogP contribution < -0.4 is 0 Å². The molecule has 1 heterocycles. The second-order valence-electron chi connectivity index (χ2n) is 8.05. The van der Waals surface area contributed by atoms with Gasteiger partial charge in [-0.05, 0) is 59.4 Å². The lowest BCUT2D eigenvalue weighted by Crippen LogP contribution is -2.34. The number of benzene rings is 1. The molecule has 2 aromatic rings. The van der Waals surface area contributed by atoms with Crippen molar-refractivity contribution in [3.05, 3.63) is 46.0 Å². The average Bonchev–Trinajstić information content (AvgIpc) is 2.47. The summed E-state index contributed by atoms with van der Waals surface area (Å²) in [5, 5.41) is 10.5. The molecule has 0 fully saturated rings. The Bertz CT molecular complexity index is 827. The first-order valence-corrected chi connectivity index (χ1v) is 8.62. The number of phenolic OH excluding ortho intramolecular Hbond substituents is 1. The second kappa shape index (κ2) is 5.45. The second-order valence-corrected chi connectivity index (χ2v) is 8.41. The van der Waals surface area contributed by atoms with Gasteiger partial charge in [0.15, 0.2) is 11.0 Å². The molecule has 0 amide bonds.